The number of hydrogen-bond acceptors (Lipinski definition) is 4. The highest BCUT2D eigenvalue weighted by molar-refractivity contribution is 7.51. The maximum absolute atomic E-state index is 9.57. The molecule has 0 saturated heterocycles. The highest BCUT2D eigenvalue weighted by Crippen LogP contribution is 2.30. The van der Waals surface area contributed by atoms with Crippen LogP contribution in [0, 0.1) is 0 Å². The van der Waals surface area contributed by atoms with Gasteiger partial charge in [0.05, 0.1) is 6.29 Å². The van der Waals surface area contributed by atoms with Crippen molar-refractivity contribution in [2.24, 2.45) is 5.73 Å². The Balaban J connectivity index is 0. The first-order valence-electron chi connectivity index (χ1n) is 2.41. The maximum atomic E-state index is 9.57. The molecule has 12 heavy (non-hydrogen) atoms. The Morgan fingerprint density at radius 2 is 1.33 bits per heavy atom. The molecule has 0 bridgehead atoms. The molecule has 0 saturated carbocycles. The maximum Gasteiger partial charge on any atom is 0.414 e. The molecule has 0 aromatic rings. The molecule has 0 heterocycles. The molecule has 0 aliphatic carbocycles. The van der Waals surface area contributed by atoms with Crippen LogP contribution < -0.4 is 5.73 Å². The highest BCUT2D eigenvalue weighted by atomic mass is 31.2. The molecule has 0 fully saturated rings. The number of nitrogens with two attached hydrogens (primary N) is 1. The molecular weight excluding hydrogens is 193 g/mol. The van der Waals surface area contributed by atoms with E-state index in [1.165, 1.54) is 0 Å². The molecule has 0 aliphatic rings. The van der Waals surface area contributed by atoms with Crippen molar-refractivity contribution in [2.45, 2.75) is 0 Å². The number of carbonyl (C=O) groups is 2. The summed E-state index contributed by atoms with van der Waals surface area (Å²) in [6.07, 6.45) is -0.562. The van der Waals surface area contributed by atoms with Gasteiger partial charge in [-0.3, -0.25) is 4.57 Å². The van der Waals surface area contributed by atoms with E-state index in [1.54, 1.807) is 0 Å². The van der Waals surface area contributed by atoms with Crippen molar-refractivity contribution >= 4 is 19.5 Å². The van der Waals surface area contributed by atoms with Gasteiger partial charge in [-0.15, -0.1) is 0 Å². The van der Waals surface area contributed by atoms with Gasteiger partial charge in [0, 0.05) is 0 Å². The Hall–Kier alpha value is -0.950. The van der Waals surface area contributed by atoms with E-state index in [0.29, 0.717) is 0 Å². The second kappa shape index (κ2) is 5.67. The highest BCUT2D eigenvalue weighted by Gasteiger charge is 2.05. The van der Waals surface area contributed by atoms with Crippen molar-refractivity contribution < 1.29 is 34.2 Å². The SMILES string of the molecule is NCP(=O)(O)O.O=C(O)C(=O)O. The first-order valence-corrected chi connectivity index (χ1v) is 4.21. The molecule has 9 heteroatoms. The fraction of sp³-hybridized carbons (Fsp3) is 0.333. The van der Waals surface area contributed by atoms with E-state index in [4.69, 9.17) is 29.6 Å². The summed E-state index contributed by atoms with van der Waals surface area (Å²) >= 11 is 0. The van der Waals surface area contributed by atoms with Crippen molar-refractivity contribution in [1.82, 2.24) is 0 Å². The lowest BCUT2D eigenvalue weighted by Crippen LogP contribution is -2.09. The van der Waals surface area contributed by atoms with Crippen molar-refractivity contribution in [3.05, 3.63) is 0 Å². The molecule has 0 aromatic heterocycles. The molecule has 0 atom stereocenters. The van der Waals surface area contributed by atoms with Gasteiger partial charge < -0.3 is 25.7 Å². The predicted octanol–water partition coefficient (Wildman–Crippen LogP) is -1.76. The van der Waals surface area contributed by atoms with Crippen molar-refractivity contribution in [3.63, 3.8) is 0 Å². The van der Waals surface area contributed by atoms with E-state index in [0.717, 1.165) is 0 Å². The summed E-state index contributed by atoms with van der Waals surface area (Å²) in [5, 5.41) is 14.8. The summed E-state index contributed by atoms with van der Waals surface area (Å²) in [5.41, 5.74) is 4.54. The van der Waals surface area contributed by atoms with Crippen LogP contribution in [0.25, 0.3) is 0 Å². The van der Waals surface area contributed by atoms with E-state index in [9.17, 15) is 4.57 Å². The third-order valence-electron chi connectivity index (χ3n) is 0.421. The Morgan fingerprint density at radius 1 is 1.17 bits per heavy atom. The number of carboxylic acids is 2. The number of aliphatic carboxylic acids is 2. The van der Waals surface area contributed by atoms with E-state index in [-0.39, 0.29) is 0 Å². The van der Waals surface area contributed by atoms with Crippen molar-refractivity contribution in [2.75, 3.05) is 6.29 Å². The van der Waals surface area contributed by atoms with Crippen LogP contribution in [0.2, 0.25) is 0 Å². The smallest absolute Gasteiger partial charge is 0.414 e. The van der Waals surface area contributed by atoms with Gasteiger partial charge in [-0.2, -0.15) is 0 Å². The monoisotopic (exact) mass is 201 g/mol. The summed E-state index contributed by atoms with van der Waals surface area (Å²) in [7, 11) is -3.87. The summed E-state index contributed by atoms with van der Waals surface area (Å²) in [6, 6.07) is 0. The van der Waals surface area contributed by atoms with Crippen LogP contribution in [0.1, 0.15) is 0 Å². The number of hydrogen-bond donors (Lipinski definition) is 5. The summed E-state index contributed by atoms with van der Waals surface area (Å²) in [6.45, 7) is 0. The van der Waals surface area contributed by atoms with Gasteiger partial charge in [0.15, 0.2) is 0 Å². The normalized spacial score (nSPS) is 9.58. The number of rotatable bonds is 1. The van der Waals surface area contributed by atoms with Crippen molar-refractivity contribution in [3.8, 4) is 0 Å². The minimum absolute atomic E-state index is 0.562. The average Bonchev–Trinajstić information content (AvgIpc) is 1.87. The number of carboxylic acid groups (broad SMARTS) is 2. The molecule has 0 spiro atoms. The second-order valence-electron chi connectivity index (χ2n) is 1.46. The summed E-state index contributed by atoms with van der Waals surface area (Å²) < 4.78 is 9.57. The largest absolute Gasteiger partial charge is 0.473 e. The molecule has 0 rings (SSSR count). The molecule has 0 radical (unpaired) electrons. The van der Waals surface area contributed by atoms with Gasteiger partial charge in [0.1, 0.15) is 0 Å². The zero-order valence-electron chi connectivity index (χ0n) is 5.75. The molecule has 72 valence electrons. The van der Waals surface area contributed by atoms with Crippen LogP contribution in [-0.4, -0.2) is 38.2 Å². The lowest BCUT2D eigenvalue weighted by atomic mass is 10.7. The molecule has 0 aliphatic heterocycles. The van der Waals surface area contributed by atoms with Gasteiger partial charge in [-0.1, -0.05) is 0 Å². The predicted molar refractivity (Wildman–Crippen MR) is 36.4 cm³/mol. The Labute approximate surface area is 66.8 Å². The van der Waals surface area contributed by atoms with E-state index in [1.807, 2.05) is 0 Å². The van der Waals surface area contributed by atoms with Crippen LogP contribution >= 0.6 is 7.60 Å². The lowest BCUT2D eigenvalue weighted by Gasteiger charge is -1.92. The first-order chi connectivity index (χ1) is 5.20. The third-order valence-corrected chi connectivity index (χ3v) is 0.896. The fourth-order valence-corrected chi connectivity index (χ4v) is 0. The Kier molecular flexibility index (Phi) is 6.44. The van der Waals surface area contributed by atoms with Gasteiger partial charge >= 0.3 is 19.5 Å². The molecule has 0 unspecified atom stereocenters. The zero-order chi connectivity index (χ0) is 10.4. The standard InChI is InChI=1S/C2H2O4.CH6NO3P/c3-1(4)2(5)6;2-1-6(3,4)5/h(H,3,4)(H,5,6);1-2H2,(H2,3,4,5). The topological polar surface area (TPSA) is 158 Å². The minimum Gasteiger partial charge on any atom is -0.473 e. The summed E-state index contributed by atoms with van der Waals surface area (Å²) in [4.78, 5) is 33.8. The van der Waals surface area contributed by atoms with E-state index in [2.05, 4.69) is 5.73 Å². The van der Waals surface area contributed by atoms with Crippen LogP contribution in [0.15, 0.2) is 0 Å². The molecule has 0 amide bonds. The van der Waals surface area contributed by atoms with Gasteiger partial charge in [-0.25, -0.2) is 9.59 Å². The van der Waals surface area contributed by atoms with E-state index >= 15 is 0 Å². The molecule has 6 N–H and O–H groups in total. The molecular formula is C3H8NO7P. The van der Waals surface area contributed by atoms with Gasteiger partial charge in [0.2, 0.25) is 0 Å². The van der Waals surface area contributed by atoms with Gasteiger partial charge in [0.25, 0.3) is 0 Å². The quantitative estimate of drug-likeness (QED) is 0.246. The third kappa shape index (κ3) is 16.0. The van der Waals surface area contributed by atoms with Crippen LogP contribution in [0.3, 0.4) is 0 Å². The minimum atomic E-state index is -3.87. The first kappa shape index (κ1) is 13.6. The summed E-state index contributed by atoms with van der Waals surface area (Å²) in [5.74, 6) is -3.65. The van der Waals surface area contributed by atoms with E-state index < -0.39 is 25.8 Å². The average molecular weight is 201 g/mol. The molecule has 0 aromatic carbocycles. The lowest BCUT2D eigenvalue weighted by molar-refractivity contribution is -0.159. The fourth-order valence-electron chi connectivity index (χ4n) is 0. The van der Waals surface area contributed by atoms with Crippen molar-refractivity contribution in [1.29, 1.82) is 0 Å². The van der Waals surface area contributed by atoms with Gasteiger partial charge in [-0.05, 0) is 0 Å². The Bertz CT molecular complexity index is 195. The zero-order valence-corrected chi connectivity index (χ0v) is 6.64. The Morgan fingerprint density at radius 3 is 1.33 bits per heavy atom. The molecule has 8 nitrogen and oxygen atoms in total. The van der Waals surface area contributed by atoms with Crippen LogP contribution in [0.5, 0.6) is 0 Å². The van der Waals surface area contributed by atoms with Crippen LogP contribution in [0.4, 0.5) is 0 Å². The second-order valence-corrected chi connectivity index (χ2v) is 3.15. The van der Waals surface area contributed by atoms with Crippen LogP contribution in [-0.2, 0) is 14.2 Å².